The quantitative estimate of drug-likeness (QED) is 0.269. The van der Waals surface area contributed by atoms with Gasteiger partial charge in [-0.05, 0) is 31.5 Å². The Bertz CT molecular complexity index is 599. The molecule has 136 valence electrons. The maximum atomic E-state index is 5.65. The molecule has 0 radical (unpaired) electrons. The van der Waals surface area contributed by atoms with E-state index in [0.717, 1.165) is 30.8 Å². The normalized spacial score (nSPS) is 10.6. The first-order valence-electron chi connectivity index (χ1n) is 8.89. The number of unbranched alkanes of at least 4 members (excludes halogenated alkanes) is 2. The van der Waals surface area contributed by atoms with E-state index in [9.17, 15) is 0 Å². The Hall–Kier alpha value is -1.72. The molecule has 0 spiro atoms. The molecule has 1 heterocycles. The van der Waals surface area contributed by atoms with Crippen molar-refractivity contribution in [2.24, 2.45) is 10.8 Å². The molecular formula is C20H29BrN4. The number of rotatable bonds is 10. The molecule has 0 aliphatic heterocycles. The maximum Gasteiger partial charge on any atom is 0.169 e. The molecule has 0 saturated carbocycles. The molecule has 0 aliphatic carbocycles. The summed E-state index contributed by atoms with van der Waals surface area (Å²) in [5, 5.41) is 6.66. The number of hydrazone groups is 1. The van der Waals surface area contributed by atoms with E-state index in [4.69, 9.17) is 5.73 Å². The van der Waals surface area contributed by atoms with Gasteiger partial charge in [-0.25, -0.2) is 4.57 Å². The van der Waals surface area contributed by atoms with E-state index in [1.807, 2.05) is 29.4 Å². The van der Waals surface area contributed by atoms with E-state index in [0.29, 0.717) is 6.54 Å². The minimum atomic E-state index is 0. The van der Waals surface area contributed by atoms with Crippen LogP contribution in [0.3, 0.4) is 0 Å². The Morgan fingerprint density at radius 3 is 2.40 bits per heavy atom. The second kappa shape index (κ2) is 12.6. The summed E-state index contributed by atoms with van der Waals surface area (Å²) in [7, 11) is 0. The van der Waals surface area contributed by atoms with Crippen molar-refractivity contribution >= 4 is 11.9 Å². The molecule has 1 aromatic heterocycles. The highest BCUT2D eigenvalue weighted by atomic mass is 79.9. The zero-order valence-corrected chi connectivity index (χ0v) is 16.6. The molecule has 2 N–H and O–H groups in total. The number of halogens is 1. The number of hydrogen-bond donors (Lipinski definition) is 1. The molecule has 5 heteroatoms. The molecule has 0 bridgehead atoms. The Morgan fingerprint density at radius 1 is 1.04 bits per heavy atom. The van der Waals surface area contributed by atoms with E-state index < -0.39 is 0 Å². The van der Waals surface area contributed by atoms with Gasteiger partial charge < -0.3 is 22.7 Å². The van der Waals surface area contributed by atoms with Crippen molar-refractivity contribution in [1.29, 1.82) is 0 Å². The van der Waals surface area contributed by atoms with Crippen molar-refractivity contribution in [1.82, 2.24) is 0 Å². The van der Waals surface area contributed by atoms with Crippen LogP contribution >= 0.6 is 0 Å². The molecule has 0 fully saturated rings. The largest absolute Gasteiger partial charge is 1.00 e. The van der Waals surface area contributed by atoms with Gasteiger partial charge in [-0.2, -0.15) is 5.10 Å². The van der Waals surface area contributed by atoms with Crippen LogP contribution in [0.1, 0.15) is 38.2 Å². The van der Waals surface area contributed by atoms with Crippen molar-refractivity contribution in [2.45, 2.75) is 39.2 Å². The van der Waals surface area contributed by atoms with Gasteiger partial charge >= 0.3 is 0 Å². The summed E-state index contributed by atoms with van der Waals surface area (Å²) in [4.78, 5) is 0. The molecule has 2 aromatic rings. The Balaban J connectivity index is 0.00000312. The lowest BCUT2D eigenvalue weighted by Crippen LogP contribution is -3.00. The van der Waals surface area contributed by atoms with E-state index in [1.54, 1.807) is 0 Å². The SMILES string of the molecule is CCCCC[n+]1ccc(/C=N/N(CCCN)c2ccccc2)cc1.[Br-]. The molecule has 25 heavy (non-hydrogen) atoms. The van der Waals surface area contributed by atoms with Gasteiger partial charge in [-0.3, -0.25) is 5.01 Å². The topological polar surface area (TPSA) is 45.5 Å². The van der Waals surface area contributed by atoms with Gasteiger partial charge in [0.05, 0.1) is 11.9 Å². The van der Waals surface area contributed by atoms with E-state index >= 15 is 0 Å². The number of aryl methyl sites for hydroxylation is 1. The van der Waals surface area contributed by atoms with Gasteiger partial charge in [0, 0.05) is 30.7 Å². The van der Waals surface area contributed by atoms with E-state index in [1.165, 1.54) is 19.3 Å². The lowest BCUT2D eigenvalue weighted by molar-refractivity contribution is -0.697. The predicted molar refractivity (Wildman–Crippen MR) is 101 cm³/mol. The first kappa shape index (κ1) is 21.3. The second-order valence-corrected chi connectivity index (χ2v) is 5.92. The molecule has 1 aromatic carbocycles. The number of benzene rings is 1. The van der Waals surface area contributed by atoms with Crippen LogP contribution in [0.5, 0.6) is 0 Å². The lowest BCUT2D eigenvalue weighted by atomic mass is 10.2. The summed E-state index contributed by atoms with van der Waals surface area (Å²) in [6.45, 7) is 4.80. The maximum absolute atomic E-state index is 5.65. The molecule has 4 nitrogen and oxygen atoms in total. The Morgan fingerprint density at radius 2 is 1.76 bits per heavy atom. The van der Waals surface area contributed by atoms with Crippen molar-refractivity contribution in [3.8, 4) is 0 Å². The van der Waals surface area contributed by atoms with E-state index in [-0.39, 0.29) is 17.0 Å². The van der Waals surface area contributed by atoms with Crippen LogP contribution in [0.2, 0.25) is 0 Å². The smallest absolute Gasteiger partial charge is 0.169 e. The van der Waals surface area contributed by atoms with Crippen molar-refractivity contribution in [3.63, 3.8) is 0 Å². The third kappa shape index (κ3) is 7.80. The van der Waals surface area contributed by atoms with Gasteiger partial charge in [-0.1, -0.05) is 31.5 Å². The molecule has 0 unspecified atom stereocenters. The molecule has 0 saturated heterocycles. The average molecular weight is 405 g/mol. The molecule has 0 amide bonds. The number of pyridine rings is 1. The minimum Gasteiger partial charge on any atom is -1.00 e. The zero-order chi connectivity index (χ0) is 17.0. The standard InChI is InChI=1S/C20H29N4.BrH/c1-2-3-7-14-23-16-11-19(12-17-23)18-22-24(15-8-13-21)20-9-5-4-6-10-20;/h4-6,9-12,16-18H,2-3,7-8,13-15,21H2,1H3;1H/q+1;/p-1. The van der Waals surface area contributed by atoms with Gasteiger partial charge in [0.2, 0.25) is 0 Å². The minimum absolute atomic E-state index is 0. The van der Waals surface area contributed by atoms with Gasteiger partial charge in [0.25, 0.3) is 0 Å². The van der Waals surface area contributed by atoms with Crippen LogP contribution in [-0.4, -0.2) is 19.3 Å². The Kier molecular flexibility index (Phi) is 10.8. The van der Waals surface area contributed by atoms with Gasteiger partial charge in [0.1, 0.15) is 6.54 Å². The van der Waals surface area contributed by atoms with Crippen LogP contribution in [0.15, 0.2) is 60.0 Å². The van der Waals surface area contributed by atoms with Crippen molar-refractivity contribution in [2.75, 3.05) is 18.1 Å². The monoisotopic (exact) mass is 404 g/mol. The summed E-state index contributed by atoms with van der Waals surface area (Å²) < 4.78 is 2.23. The summed E-state index contributed by atoms with van der Waals surface area (Å²) in [5.74, 6) is 0. The number of hydrogen-bond acceptors (Lipinski definition) is 3. The summed E-state index contributed by atoms with van der Waals surface area (Å²) in [6.07, 6.45) is 10.9. The van der Waals surface area contributed by atoms with Crippen LogP contribution in [0, 0.1) is 0 Å². The average Bonchev–Trinajstić information content (AvgIpc) is 2.64. The van der Waals surface area contributed by atoms with E-state index in [2.05, 4.69) is 53.3 Å². The first-order valence-corrected chi connectivity index (χ1v) is 8.89. The summed E-state index contributed by atoms with van der Waals surface area (Å²) >= 11 is 0. The van der Waals surface area contributed by atoms with Crippen LogP contribution in [0.4, 0.5) is 5.69 Å². The fraction of sp³-hybridized carbons (Fsp3) is 0.400. The lowest BCUT2D eigenvalue weighted by Gasteiger charge is -2.18. The molecule has 2 rings (SSSR count). The van der Waals surface area contributed by atoms with Crippen molar-refractivity contribution in [3.05, 3.63) is 60.4 Å². The summed E-state index contributed by atoms with van der Waals surface area (Å²) in [6, 6.07) is 14.4. The molecule has 0 aliphatic rings. The number of nitrogens with two attached hydrogens (primary N) is 1. The predicted octanol–water partition coefficient (Wildman–Crippen LogP) is 0.358. The van der Waals surface area contributed by atoms with Crippen molar-refractivity contribution < 1.29 is 21.5 Å². The fourth-order valence-corrected chi connectivity index (χ4v) is 2.48. The third-order valence-corrected chi connectivity index (χ3v) is 3.91. The second-order valence-electron chi connectivity index (χ2n) is 5.92. The zero-order valence-electron chi connectivity index (χ0n) is 15.0. The number of para-hydroxylation sites is 1. The van der Waals surface area contributed by atoms with Crippen LogP contribution < -0.4 is 32.3 Å². The highest BCUT2D eigenvalue weighted by Crippen LogP contribution is 2.13. The highest BCUT2D eigenvalue weighted by molar-refractivity contribution is 5.79. The number of aromatic nitrogens is 1. The number of nitrogens with zero attached hydrogens (tertiary/aromatic N) is 3. The molecule has 0 atom stereocenters. The number of anilines is 1. The molecular weight excluding hydrogens is 376 g/mol. The van der Waals surface area contributed by atoms with Crippen LogP contribution in [0.25, 0.3) is 0 Å². The fourth-order valence-electron chi connectivity index (χ4n) is 2.48. The third-order valence-electron chi connectivity index (χ3n) is 3.91. The highest BCUT2D eigenvalue weighted by Gasteiger charge is 2.04. The van der Waals surface area contributed by atoms with Crippen LogP contribution in [-0.2, 0) is 6.54 Å². The van der Waals surface area contributed by atoms with Gasteiger partial charge in [-0.15, -0.1) is 0 Å². The van der Waals surface area contributed by atoms with Gasteiger partial charge in [0.15, 0.2) is 12.4 Å². The summed E-state index contributed by atoms with van der Waals surface area (Å²) in [5.41, 5.74) is 7.84. The Labute approximate surface area is 162 Å². The first-order chi connectivity index (χ1) is 11.8.